The van der Waals surface area contributed by atoms with Gasteiger partial charge in [-0.05, 0) is 50.6 Å². The van der Waals surface area contributed by atoms with Crippen molar-refractivity contribution in [2.45, 2.75) is 25.9 Å². The first-order chi connectivity index (χ1) is 15.9. The molecular weight excluding hydrogens is 449 g/mol. The Balaban J connectivity index is 1.36. The molecule has 2 aromatic carbocycles. The van der Waals surface area contributed by atoms with Crippen molar-refractivity contribution in [3.05, 3.63) is 47.5 Å². The van der Waals surface area contributed by atoms with Crippen LogP contribution in [-0.2, 0) is 9.53 Å². The molecule has 0 amide bonds. The molecule has 1 fully saturated rings. The second kappa shape index (κ2) is 10.2. The first-order valence-electron chi connectivity index (χ1n) is 10.7. The molecule has 1 saturated heterocycles. The number of benzene rings is 2. The standard InChI is InChI=1S/C23H25ClFN5O3/c1-14-11-30(12-22(31)33-14)6-2-3-7-32-21-10-20-16(9-19(21)26)23(28-13-27-20)29-15-4-5-18(25)17(24)8-15/h4-5,8-10,13-14H,2-3,6-7,11-12,26H2,1H3,(H,27,28,29)/t14-/m1/s1. The first-order valence-corrected chi connectivity index (χ1v) is 11.1. The summed E-state index contributed by atoms with van der Waals surface area (Å²) in [5, 5.41) is 3.84. The number of rotatable bonds is 8. The van der Waals surface area contributed by atoms with Crippen molar-refractivity contribution in [1.29, 1.82) is 0 Å². The molecule has 3 aromatic rings. The van der Waals surface area contributed by atoms with Crippen LogP contribution in [0, 0.1) is 5.82 Å². The zero-order valence-electron chi connectivity index (χ0n) is 18.2. The number of aromatic nitrogens is 2. The van der Waals surface area contributed by atoms with E-state index in [1.165, 1.54) is 18.5 Å². The van der Waals surface area contributed by atoms with Gasteiger partial charge in [0, 0.05) is 23.7 Å². The summed E-state index contributed by atoms with van der Waals surface area (Å²) in [5.41, 5.74) is 7.93. The number of hydrogen-bond acceptors (Lipinski definition) is 8. The van der Waals surface area contributed by atoms with Gasteiger partial charge >= 0.3 is 5.97 Å². The van der Waals surface area contributed by atoms with Crippen LogP contribution < -0.4 is 15.8 Å². The topological polar surface area (TPSA) is 103 Å². The minimum Gasteiger partial charge on any atom is -0.491 e. The number of nitrogens with two attached hydrogens (primary N) is 1. The fourth-order valence-electron chi connectivity index (χ4n) is 3.74. The largest absolute Gasteiger partial charge is 0.491 e. The van der Waals surface area contributed by atoms with Crippen LogP contribution >= 0.6 is 11.6 Å². The summed E-state index contributed by atoms with van der Waals surface area (Å²) in [5.74, 6) is 0.406. The van der Waals surface area contributed by atoms with Gasteiger partial charge in [0.15, 0.2) is 0 Å². The zero-order chi connectivity index (χ0) is 23.4. The Hall–Kier alpha value is -3.17. The highest BCUT2D eigenvalue weighted by atomic mass is 35.5. The van der Waals surface area contributed by atoms with E-state index < -0.39 is 5.82 Å². The molecule has 2 heterocycles. The van der Waals surface area contributed by atoms with Gasteiger partial charge in [-0.3, -0.25) is 9.69 Å². The van der Waals surface area contributed by atoms with Gasteiger partial charge in [0.25, 0.3) is 0 Å². The van der Waals surface area contributed by atoms with Crippen LogP contribution in [0.3, 0.4) is 0 Å². The SMILES string of the molecule is C[C@@H]1CN(CCCCOc2cc3ncnc(Nc4ccc(F)c(Cl)c4)c3cc2N)CC(=O)O1. The number of morpholine rings is 1. The molecular formula is C23H25ClFN5O3. The van der Waals surface area contributed by atoms with Gasteiger partial charge in [0.1, 0.15) is 29.8 Å². The smallest absolute Gasteiger partial charge is 0.320 e. The number of nitrogen functional groups attached to an aromatic ring is 1. The van der Waals surface area contributed by atoms with Crippen molar-refractivity contribution in [3.63, 3.8) is 0 Å². The lowest BCUT2D eigenvalue weighted by molar-refractivity contribution is -0.157. The van der Waals surface area contributed by atoms with Crippen LogP contribution in [0.1, 0.15) is 19.8 Å². The Morgan fingerprint density at radius 1 is 1.30 bits per heavy atom. The van der Waals surface area contributed by atoms with Crippen LogP contribution in [0.15, 0.2) is 36.7 Å². The molecule has 33 heavy (non-hydrogen) atoms. The highest BCUT2D eigenvalue weighted by Gasteiger charge is 2.22. The molecule has 1 aromatic heterocycles. The van der Waals surface area contributed by atoms with Crippen LogP contribution in [0.4, 0.5) is 21.6 Å². The average Bonchev–Trinajstić information content (AvgIpc) is 2.76. The maximum atomic E-state index is 13.4. The molecule has 0 saturated carbocycles. The molecule has 0 spiro atoms. The molecule has 10 heteroatoms. The van der Waals surface area contributed by atoms with E-state index in [1.54, 1.807) is 18.2 Å². The van der Waals surface area contributed by atoms with E-state index in [0.29, 0.717) is 47.0 Å². The molecule has 0 radical (unpaired) electrons. The Kier molecular flexibility index (Phi) is 7.10. The number of nitrogens with one attached hydrogen (secondary N) is 1. The highest BCUT2D eigenvalue weighted by molar-refractivity contribution is 6.31. The second-order valence-corrected chi connectivity index (χ2v) is 8.38. The Bertz CT molecular complexity index is 1160. The number of cyclic esters (lactones) is 1. The van der Waals surface area contributed by atoms with E-state index in [4.69, 9.17) is 26.8 Å². The van der Waals surface area contributed by atoms with E-state index in [0.717, 1.165) is 25.9 Å². The number of fused-ring (bicyclic) bond motifs is 1. The average molecular weight is 474 g/mol. The number of anilines is 3. The third-order valence-corrected chi connectivity index (χ3v) is 5.57. The predicted molar refractivity (Wildman–Crippen MR) is 125 cm³/mol. The fraction of sp³-hybridized carbons (Fsp3) is 0.348. The van der Waals surface area contributed by atoms with Crippen LogP contribution in [0.25, 0.3) is 10.9 Å². The third-order valence-electron chi connectivity index (χ3n) is 5.28. The maximum absolute atomic E-state index is 13.4. The van der Waals surface area contributed by atoms with Crippen molar-refractivity contribution >= 4 is 45.7 Å². The quantitative estimate of drug-likeness (QED) is 0.286. The highest BCUT2D eigenvalue weighted by Crippen LogP contribution is 2.32. The van der Waals surface area contributed by atoms with Crippen molar-refractivity contribution in [1.82, 2.24) is 14.9 Å². The zero-order valence-corrected chi connectivity index (χ0v) is 18.9. The van der Waals surface area contributed by atoms with Crippen molar-refractivity contribution in [3.8, 4) is 5.75 Å². The predicted octanol–water partition coefficient (Wildman–Crippen LogP) is 4.15. The normalized spacial score (nSPS) is 16.6. The van der Waals surface area contributed by atoms with Crippen molar-refractivity contribution in [2.24, 2.45) is 0 Å². The lowest BCUT2D eigenvalue weighted by Crippen LogP contribution is -2.44. The molecule has 4 rings (SSSR count). The number of ether oxygens (including phenoxy) is 2. The number of carbonyl (C=O) groups excluding carboxylic acids is 1. The van der Waals surface area contributed by atoms with Gasteiger partial charge in [-0.15, -0.1) is 0 Å². The molecule has 0 bridgehead atoms. The number of esters is 1. The number of nitrogens with zero attached hydrogens (tertiary/aromatic N) is 3. The van der Waals surface area contributed by atoms with Crippen molar-refractivity contribution < 1.29 is 18.7 Å². The Morgan fingerprint density at radius 2 is 2.15 bits per heavy atom. The molecule has 8 nitrogen and oxygen atoms in total. The summed E-state index contributed by atoms with van der Waals surface area (Å²) in [7, 11) is 0. The lowest BCUT2D eigenvalue weighted by atomic mass is 10.2. The van der Waals surface area contributed by atoms with E-state index in [9.17, 15) is 9.18 Å². The Labute approximate surface area is 195 Å². The summed E-state index contributed by atoms with van der Waals surface area (Å²) < 4.78 is 24.5. The molecule has 3 N–H and O–H groups in total. The molecule has 1 atom stereocenters. The first kappa shape index (κ1) is 23.0. The van der Waals surface area contributed by atoms with E-state index in [1.807, 2.05) is 6.92 Å². The van der Waals surface area contributed by atoms with Gasteiger partial charge in [-0.2, -0.15) is 0 Å². The fourth-order valence-corrected chi connectivity index (χ4v) is 3.92. The Morgan fingerprint density at radius 3 is 2.94 bits per heavy atom. The maximum Gasteiger partial charge on any atom is 0.320 e. The van der Waals surface area contributed by atoms with Crippen LogP contribution in [0.5, 0.6) is 5.75 Å². The molecule has 0 aliphatic carbocycles. The molecule has 174 valence electrons. The van der Waals surface area contributed by atoms with Crippen molar-refractivity contribution in [2.75, 3.05) is 37.3 Å². The van der Waals surface area contributed by atoms with E-state index in [2.05, 4.69) is 20.2 Å². The summed E-state index contributed by atoms with van der Waals surface area (Å²) in [6, 6.07) is 7.87. The number of hydrogen-bond donors (Lipinski definition) is 2. The van der Waals surface area contributed by atoms with Gasteiger partial charge in [0.2, 0.25) is 0 Å². The second-order valence-electron chi connectivity index (χ2n) is 7.97. The summed E-state index contributed by atoms with van der Waals surface area (Å²) >= 11 is 5.86. The summed E-state index contributed by atoms with van der Waals surface area (Å²) in [6.45, 7) is 4.29. The van der Waals surface area contributed by atoms with Gasteiger partial charge < -0.3 is 20.5 Å². The third kappa shape index (κ3) is 5.80. The van der Waals surface area contributed by atoms with Gasteiger partial charge in [-0.1, -0.05) is 11.6 Å². The lowest BCUT2D eigenvalue weighted by Gasteiger charge is -2.30. The summed E-state index contributed by atoms with van der Waals surface area (Å²) in [6.07, 6.45) is 3.07. The molecule has 1 aliphatic rings. The molecule has 1 aliphatic heterocycles. The van der Waals surface area contributed by atoms with Crippen LogP contribution in [0.2, 0.25) is 5.02 Å². The summed E-state index contributed by atoms with van der Waals surface area (Å²) in [4.78, 5) is 22.2. The minimum atomic E-state index is -0.492. The molecule has 0 unspecified atom stereocenters. The minimum absolute atomic E-state index is 0.0169. The van der Waals surface area contributed by atoms with Crippen LogP contribution in [-0.4, -0.2) is 53.2 Å². The van der Waals surface area contributed by atoms with E-state index >= 15 is 0 Å². The van der Waals surface area contributed by atoms with Gasteiger partial charge in [0.05, 0.1) is 29.4 Å². The van der Waals surface area contributed by atoms with E-state index in [-0.39, 0.29) is 17.1 Å². The van der Waals surface area contributed by atoms with Gasteiger partial charge in [-0.25, -0.2) is 14.4 Å². The monoisotopic (exact) mass is 473 g/mol. The number of halogens is 2. The number of carbonyl (C=O) groups is 1. The number of unbranched alkanes of at least 4 members (excludes halogenated alkanes) is 1.